The molecule has 6 nitrogen and oxygen atoms in total. The number of ether oxygens (including phenoxy) is 2. The molecular formula is C21H23N3O3. The smallest absolute Gasteiger partial charge is 0.336 e. The zero-order chi connectivity index (χ0) is 19.2. The maximum absolute atomic E-state index is 13.1. The van der Waals surface area contributed by atoms with Crippen LogP contribution in [0.5, 0.6) is 6.01 Å². The Kier molecular flexibility index (Phi) is 5.98. The van der Waals surface area contributed by atoms with E-state index in [1.54, 1.807) is 7.11 Å². The number of carbonyl (C=O) groups is 1. The molecule has 0 aliphatic heterocycles. The fraction of sp³-hybridized carbons (Fsp3) is 0.286. The third-order valence-electron chi connectivity index (χ3n) is 4.29. The molecule has 0 amide bonds. The fourth-order valence-electron chi connectivity index (χ4n) is 2.72. The van der Waals surface area contributed by atoms with Crippen molar-refractivity contribution in [3.63, 3.8) is 0 Å². The van der Waals surface area contributed by atoms with E-state index in [2.05, 4.69) is 17.0 Å². The summed E-state index contributed by atoms with van der Waals surface area (Å²) in [5.41, 5.74) is 3.57. The van der Waals surface area contributed by atoms with Crippen LogP contribution in [-0.4, -0.2) is 41.0 Å². The molecule has 3 aromatic rings. The van der Waals surface area contributed by atoms with Gasteiger partial charge in [-0.2, -0.15) is 9.67 Å². The lowest BCUT2D eigenvalue weighted by Crippen LogP contribution is -2.15. The van der Waals surface area contributed by atoms with Crippen LogP contribution in [0.25, 0.3) is 11.4 Å². The number of hydrogen-bond donors (Lipinski definition) is 0. The quantitative estimate of drug-likeness (QED) is 0.599. The zero-order valence-electron chi connectivity index (χ0n) is 15.8. The topological polar surface area (TPSA) is 66.2 Å². The van der Waals surface area contributed by atoms with Gasteiger partial charge in [0, 0.05) is 18.2 Å². The summed E-state index contributed by atoms with van der Waals surface area (Å²) in [5, 5.41) is 4.30. The Morgan fingerprint density at radius 3 is 2.48 bits per heavy atom. The minimum atomic E-state index is -0.245. The molecule has 140 valence electrons. The van der Waals surface area contributed by atoms with Gasteiger partial charge in [0.05, 0.1) is 6.61 Å². The lowest BCUT2D eigenvalue weighted by atomic mass is 10.1. The average Bonchev–Trinajstić information content (AvgIpc) is 3.12. The van der Waals surface area contributed by atoms with Gasteiger partial charge >= 0.3 is 6.01 Å². The number of aromatic nitrogens is 3. The first-order chi connectivity index (χ1) is 13.1. The molecule has 0 atom stereocenters. The molecular weight excluding hydrogens is 342 g/mol. The van der Waals surface area contributed by atoms with Crippen LogP contribution in [0.2, 0.25) is 0 Å². The molecule has 3 rings (SSSR count). The molecule has 6 heteroatoms. The second-order valence-electron chi connectivity index (χ2n) is 6.14. The molecule has 0 unspecified atom stereocenters. The molecule has 0 fully saturated rings. The number of methoxy groups -OCH3 is 1. The van der Waals surface area contributed by atoms with Crippen molar-refractivity contribution in [2.45, 2.75) is 20.3 Å². The van der Waals surface area contributed by atoms with Crippen molar-refractivity contribution in [3.8, 4) is 17.4 Å². The Morgan fingerprint density at radius 1 is 1.07 bits per heavy atom. The Labute approximate surface area is 158 Å². The highest BCUT2D eigenvalue weighted by Gasteiger charge is 2.21. The van der Waals surface area contributed by atoms with Crippen molar-refractivity contribution in [3.05, 3.63) is 65.2 Å². The second kappa shape index (κ2) is 8.60. The van der Waals surface area contributed by atoms with Gasteiger partial charge in [-0.1, -0.05) is 43.3 Å². The first kappa shape index (κ1) is 18.8. The SMILES string of the molecule is CCc1ccc(C(=O)n2nc(OCCOC)nc2-c2ccccc2C)cc1. The summed E-state index contributed by atoms with van der Waals surface area (Å²) in [6.07, 6.45) is 0.920. The fourth-order valence-corrected chi connectivity index (χ4v) is 2.72. The van der Waals surface area contributed by atoms with Crippen molar-refractivity contribution in [2.24, 2.45) is 0 Å². The lowest BCUT2D eigenvalue weighted by molar-refractivity contribution is 0.0943. The molecule has 0 radical (unpaired) electrons. The lowest BCUT2D eigenvalue weighted by Gasteiger charge is -2.07. The van der Waals surface area contributed by atoms with Crippen LogP contribution in [0.1, 0.15) is 28.4 Å². The van der Waals surface area contributed by atoms with Crippen LogP contribution in [0, 0.1) is 6.92 Å². The molecule has 0 aliphatic rings. The predicted molar refractivity (Wildman–Crippen MR) is 103 cm³/mol. The van der Waals surface area contributed by atoms with Gasteiger partial charge in [-0.15, -0.1) is 5.10 Å². The van der Waals surface area contributed by atoms with Gasteiger partial charge in [-0.25, -0.2) is 0 Å². The van der Waals surface area contributed by atoms with Gasteiger partial charge in [0.2, 0.25) is 0 Å². The van der Waals surface area contributed by atoms with Crippen LogP contribution in [0.3, 0.4) is 0 Å². The molecule has 0 saturated carbocycles. The Hall–Kier alpha value is -2.99. The minimum absolute atomic E-state index is 0.156. The van der Waals surface area contributed by atoms with Crippen molar-refractivity contribution >= 4 is 5.91 Å². The summed E-state index contributed by atoms with van der Waals surface area (Å²) in [4.78, 5) is 17.5. The molecule has 0 saturated heterocycles. The van der Waals surface area contributed by atoms with E-state index < -0.39 is 0 Å². The molecule has 0 N–H and O–H groups in total. The van der Waals surface area contributed by atoms with Crippen LogP contribution < -0.4 is 4.74 Å². The summed E-state index contributed by atoms with van der Waals surface area (Å²) >= 11 is 0. The second-order valence-corrected chi connectivity index (χ2v) is 6.14. The Morgan fingerprint density at radius 2 is 1.81 bits per heavy atom. The number of benzene rings is 2. The summed E-state index contributed by atoms with van der Waals surface area (Å²) < 4.78 is 11.8. The molecule has 1 aromatic heterocycles. The monoisotopic (exact) mass is 365 g/mol. The van der Waals surface area contributed by atoms with Gasteiger partial charge in [0.1, 0.15) is 6.61 Å². The average molecular weight is 365 g/mol. The highest BCUT2D eigenvalue weighted by atomic mass is 16.5. The molecule has 0 bridgehead atoms. The van der Waals surface area contributed by atoms with E-state index in [-0.39, 0.29) is 11.9 Å². The molecule has 27 heavy (non-hydrogen) atoms. The van der Waals surface area contributed by atoms with E-state index >= 15 is 0 Å². The van der Waals surface area contributed by atoms with Gasteiger partial charge in [0.25, 0.3) is 5.91 Å². The van der Waals surface area contributed by atoms with Gasteiger partial charge < -0.3 is 9.47 Å². The van der Waals surface area contributed by atoms with Gasteiger partial charge in [-0.05, 0) is 36.6 Å². The minimum Gasteiger partial charge on any atom is -0.460 e. The maximum atomic E-state index is 13.1. The third kappa shape index (κ3) is 4.23. The van der Waals surface area contributed by atoms with E-state index in [0.717, 1.165) is 17.5 Å². The van der Waals surface area contributed by atoms with Crippen LogP contribution >= 0.6 is 0 Å². The number of aryl methyl sites for hydroxylation is 2. The summed E-state index contributed by atoms with van der Waals surface area (Å²) in [6.45, 7) is 4.78. The van der Waals surface area contributed by atoms with Crippen molar-refractivity contribution in [2.75, 3.05) is 20.3 Å². The largest absolute Gasteiger partial charge is 0.460 e. The highest BCUT2D eigenvalue weighted by molar-refractivity contribution is 5.97. The van der Waals surface area contributed by atoms with Crippen LogP contribution in [-0.2, 0) is 11.2 Å². The van der Waals surface area contributed by atoms with E-state index in [4.69, 9.17) is 9.47 Å². The standard InChI is InChI=1S/C21H23N3O3/c1-4-16-9-11-17(12-10-16)20(25)24-19(18-8-6-5-7-15(18)2)22-21(23-24)27-14-13-26-3/h5-12H,4,13-14H2,1-3H3. The van der Waals surface area contributed by atoms with Crippen molar-refractivity contribution in [1.82, 2.24) is 14.8 Å². The Bertz CT molecular complexity index is 917. The van der Waals surface area contributed by atoms with Crippen molar-refractivity contribution < 1.29 is 14.3 Å². The number of hydrogen-bond acceptors (Lipinski definition) is 5. The van der Waals surface area contributed by atoms with E-state index in [1.165, 1.54) is 10.2 Å². The third-order valence-corrected chi connectivity index (χ3v) is 4.29. The van der Waals surface area contributed by atoms with Crippen LogP contribution in [0.15, 0.2) is 48.5 Å². The number of rotatable bonds is 7. The molecule has 0 spiro atoms. The summed E-state index contributed by atoms with van der Waals surface area (Å²) in [7, 11) is 1.59. The molecule has 1 heterocycles. The number of carbonyl (C=O) groups excluding carboxylic acids is 1. The first-order valence-electron chi connectivity index (χ1n) is 8.92. The highest BCUT2D eigenvalue weighted by Crippen LogP contribution is 2.24. The van der Waals surface area contributed by atoms with E-state index in [9.17, 15) is 4.79 Å². The Balaban J connectivity index is 2.00. The van der Waals surface area contributed by atoms with E-state index in [0.29, 0.717) is 24.6 Å². The first-order valence-corrected chi connectivity index (χ1v) is 8.92. The summed E-state index contributed by atoms with van der Waals surface area (Å²) in [5.74, 6) is 0.218. The van der Waals surface area contributed by atoms with Gasteiger partial charge in [-0.3, -0.25) is 4.79 Å². The maximum Gasteiger partial charge on any atom is 0.336 e. The number of nitrogens with zero attached hydrogens (tertiary/aromatic N) is 3. The van der Waals surface area contributed by atoms with Crippen molar-refractivity contribution in [1.29, 1.82) is 0 Å². The molecule has 2 aromatic carbocycles. The van der Waals surface area contributed by atoms with E-state index in [1.807, 2.05) is 55.5 Å². The van der Waals surface area contributed by atoms with Gasteiger partial charge in [0.15, 0.2) is 5.82 Å². The zero-order valence-corrected chi connectivity index (χ0v) is 15.8. The van der Waals surface area contributed by atoms with Crippen LogP contribution in [0.4, 0.5) is 0 Å². The summed E-state index contributed by atoms with van der Waals surface area (Å²) in [6, 6.07) is 15.4. The predicted octanol–water partition coefficient (Wildman–Crippen LogP) is 3.53. The molecule has 0 aliphatic carbocycles. The normalized spacial score (nSPS) is 10.8.